The van der Waals surface area contributed by atoms with E-state index < -0.39 is 5.60 Å². The number of hydrogen-bond acceptors (Lipinski definition) is 4. The van der Waals surface area contributed by atoms with Crippen LogP contribution >= 0.6 is 0 Å². The zero-order chi connectivity index (χ0) is 23.1. The topological polar surface area (TPSA) is 88.0 Å². The smallest absolute Gasteiger partial charge is 0.407 e. The van der Waals surface area contributed by atoms with Crippen molar-refractivity contribution in [3.63, 3.8) is 0 Å². The maximum absolute atomic E-state index is 12.0. The van der Waals surface area contributed by atoms with Gasteiger partial charge in [-0.2, -0.15) is 0 Å². The van der Waals surface area contributed by atoms with Crippen LogP contribution in [0.2, 0.25) is 0 Å². The van der Waals surface area contributed by atoms with Crippen LogP contribution in [0.4, 0.5) is 4.79 Å². The predicted octanol–water partition coefficient (Wildman–Crippen LogP) is 2.57. The lowest BCUT2D eigenvalue weighted by molar-refractivity contribution is 0.0507. The van der Waals surface area contributed by atoms with Crippen molar-refractivity contribution in [3.8, 4) is 0 Å². The van der Waals surface area contributed by atoms with Crippen LogP contribution in [0.5, 0.6) is 0 Å². The van der Waals surface area contributed by atoms with Crippen LogP contribution in [-0.4, -0.2) is 53.3 Å². The highest BCUT2D eigenvalue weighted by molar-refractivity contribution is 5.80. The number of rotatable bonds is 5. The monoisotopic (exact) mass is 439 g/mol. The molecule has 1 amide bonds. The van der Waals surface area contributed by atoms with Crippen LogP contribution in [0.25, 0.3) is 0 Å². The predicted molar refractivity (Wildman–Crippen MR) is 126 cm³/mol. The molecule has 2 heterocycles. The van der Waals surface area contributed by atoms with Gasteiger partial charge in [-0.3, -0.25) is 9.79 Å². The largest absolute Gasteiger partial charge is 0.444 e. The summed E-state index contributed by atoms with van der Waals surface area (Å²) >= 11 is 0. The molecule has 1 aromatic heterocycles. The third-order valence-corrected chi connectivity index (χ3v) is 5.15. The zero-order valence-electron chi connectivity index (χ0n) is 19.3. The van der Waals surface area contributed by atoms with Crippen molar-refractivity contribution in [2.24, 2.45) is 4.99 Å². The first kappa shape index (κ1) is 23.4. The molecule has 0 spiro atoms. The maximum Gasteiger partial charge on any atom is 0.407 e. The number of nitrogens with one attached hydrogen (secondary N) is 2. The van der Waals surface area contributed by atoms with Gasteiger partial charge >= 0.3 is 6.09 Å². The summed E-state index contributed by atoms with van der Waals surface area (Å²) in [6, 6.07) is 13.4. The Bertz CT molecular complexity index is 992. The molecule has 2 N–H and O–H groups in total. The average molecular weight is 440 g/mol. The van der Waals surface area contributed by atoms with Gasteiger partial charge in [0.25, 0.3) is 5.56 Å². The Morgan fingerprint density at radius 2 is 1.88 bits per heavy atom. The van der Waals surface area contributed by atoms with Crippen molar-refractivity contribution < 1.29 is 9.53 Å². The third-order valence-electron chi connectivity index (χ3n) is 5.15. The zero-order valence-corrected chi connectivity index (χ0v) is 19.3. The minimum absolute atomic E-state index is 0.00730. The van der Waals surface area contributed by atoms with Gasteiger partial charge in [0.05, 0.1) is 12.6 Å². The molecule has 0 aliphatic carbocycles. The molecule has 1 fully saturated rings. The first-order valence-electron chi connectivity index (χ1n) is 10.9. The maximum atomic E-state index is 12.0. The molecule has 1 aromatic carbocycles. The third kappa shape index (κ3) is 6.87. The average Bonchev–Trinajstić information content (AvgIpc) is 3.18. The van der Waals surface area contributed by atoms with E-state index in [9.17, 15) is 9.59 Å². The standard InChI is InChI=1S/C24H33N5O3/c1-24(2,3)32-23(31)27-20-12-14-29(17-20)22(25-4)26-15-18-8-10-19(11-9-18)16-28-13-6-5-7-21(28)30/h5-11,13,20H,12,14-17H2,1-4H3,(H,25,26)(H,27,31). The number of hydrogen-bond donors (Lipinski definition) is 2. The molecule has 8 nitrogen and oxygen atoms in total. The Kier molecular flexibility index (Phi) is 7.56. The summed E-state index contributed by atoms with van der Waals surface area (Å²) in [6.45, 7) is 8.25. The number of likely N-dealkylation sites (tertiary alicyclic amines) is 1. The Balaban J connectivity index is 1.49. The highest BCUT2D eigenvalue weighted by Gasteiger charge is 2.27. The van der Waals surface area contributed by atoms with Gasteiger partial charge in [-0.15, -0.1) is 0 Å². The lowest BCUT2D eigenvalue weighted by Gasteiger charge is -2.23. The van der Waals surface area contributed by atoms with Crippen LogP contribution in [0.3, 0.4) is 0 Å². The first-order chi connectivity index (χ1) is 15.2. The molecule has 1 unspecified atom stereocenters. The van der Waals surface area contributed by atoms with Crippen molar-refractivity contribution in [1.82, 2.24) is 20.1 Å². The number of nitrogens with zero attached hydrogens (tertiary/aromatic N) is 3. The van der Waals surface area contributed by atoms with E-state index in [1.54, 1.807) is 29.9 Å². The fourth-order valence-electron chi connectivity index (χ4n) is 3.61. The molecule has 8 heteroatoms. The number of carbonyl (C=O) groups excluding carboxylic acids is 1. The number of ether oxygens (including phenoxy) is 1. The second-order valence-electron chi connectivity index (χ2n) is 8.96. The van der Waals surface area contributed by atoms with E-state index in [0.29, 0.717) is 19.6 Å². The number of pyridine rings is 1. The summed E-state index contributed by atoms with van der Waals surface area (Å²) in [5.74, 6) is 0.804. The Labute approximate surface area is 189 Å². The second kappa shape index (κ2) is 10.3. The Morgan fingerprint density at radius 1 is 1.16 bits per heavy atom. The summed E-state index contributed by atoms with van der Waals surface area (Å²) in [6.07, 6.45) is 2.25. The van der Waals surface area contributed by atoms with E-state index in [1.807, 2.05) is 39.0 Å². The number of guanidine groups is 1. The van der Waals surface area contributed by atoms with Crippen molar-refractivity contribution in [1.29, 1.82) is 0 Å². The van der Waals surface area contributed by atoms with Crippen molar-refractivity contribution in [2.45, 2.75) is 51.9 Å². The van der Waals surface area contributed by atoms with E-state index in [-0.39, 0.29) is 17.7 Å². The number of aliphatic imine (C=N–C) groups is 1. The van der Waals surface area contributed by atoms with Gasteiger partial charge in [0.15, 0.2) is 5.96 Å². The highest BCUT2D eigenvalue weighted by atomic mass is 16.6. The van der Waals surface area contributed by atoms with E-state index in [1.165, 1.54) is 0 Å². The lowest BCUT2D eigenvalue weighted by Crippen LogP contribution is -2.44. The molecule has 2 aromatic rings. The minimum Gasteiger partial charge on any atom is -0.444 e. The van der Waals surface area contributed by atoms with Crippen molar-refractivity contribution in [3.05, 3.63) is 70.1 Å². The summed E-state index contributed by atoms with van der Waals surface area (Å²) in [7, 11) is 1.76. The van der Waals surface area contributed by atoms with Gasteiger partial charge in [-0.1, -0.05) is 30.3 Å². The number of alkyl carbamates (subject to hydrolysis) is 1. The minimum atomic E-state index is -0.507. The van der Waals surface area contributed by atoms with Crippen molar-refractivity contribution >= 4 is 12.1 Å². The Hall–Kier alpha value is -3.29. The SMILES string of the molecule is CN=C(NCc1ccc(Cn2ccccc2=O)cc1)N1CCC(NC(=O)OC(C)(C)C)C1. The number of aromatic nitrogens is 1. The molecule has 0 radical (unpaired) electrons. The number of amides is 1. The summed E-state index contributed by atoms with van der Waals surface area (Å²) < 4.78 is 7.03. The van der Waals surface area contributed by atoms with E-state index in [4.69, 9.17) is 4.74 Å². The molecule has 1 aliphatic heterocycles. The van der Waals surface area contributed by atoms with Gasteiger partial charge < -0.3 is 24.8 Å². The normalized spacial score (nSPS) is 16.7. The van der Waals surface area contributed by atoms with Gasteiger partial charge in [-0.05, 0) is 44.4 Å². The summed E-state index contributed by atoms with van der Waals surface area (Å²) in [4.78, 5) is 30.4. The molecule has 1 saturated heterocycles. The fourth-order valence-corrected chi connectivity index (χ4v) is 3.61. The van der Waals surface area contributed by atoms with Gasteiger partial charge in [-0.25, -0.2) is 4.79 Å². The van der Waals surface area contributed by atoms with Gasteiger partial charge in [0.1, 0.15) is 5.60 Å². The van der Waals surface area contributed by atoms with E-state index in [0.717, 1.165) is 30.1 Å². The van der Waals surface area contributed by atoms with Crippen LogP contribution in [-0.2, 0) is 17.8 Å². The fraction of sp³-hybridized carbons (Fsp3) is 0.458. The first-order valence-corrected chi connectivity index (χ1v) is 10.9. The molecular formula is C24H33N5O3. The van der Waals surface area contributed by atoms with E-state index >= 15 is 0 Å². The van der Waals surface area contributed by atoms with Crippen LogP contribution in [0, 0.1) is 0 Å². The molecular weight excluding hydrogens is 406 g/mol. The molecule has 1 atom stereocenters. The lowest BCUT2D eigenvalue weighted by atomic mass is 10.1. The van der Waals surface area contributed by atoms with Gasteiger partial charge in [0.2, 0.25) is 0 Å². The molecule has 0 bridgehead atoms. The van der Waals surface area contributed by atoms with Crippen molar-refractivity contribution in [2.75, 3.05) is 20.1 Å². The van der Waals surface area contributed by atoms with Gasteiger partial charge in [0, 0.05) is 38.9 Å². The second-order valence-corrected chi connectivity index (χ2v) is 8.96. The van der Waals surface area contributed by atoms with Crippen LogP contribution in [0.1, 0.15) is 38.3 Å². The molecule has 32 heavy (non-hydrogen) atoms. The van der Waals surface area contributed by atoms with Crippen LogP contribution in [0.15, 0.2) is 58.4 Å². The molecule has 1 aliphatic rings. The number of benzene rings is 1. The summed E-state index contributed by atoms with van der Waals surface area (Å²) in [5, 5.41) is 6.33. The molecule has 3 rings (SSSR count). The summed E-state index contributed by atoms with van der Waals surface area (Å²) in [5.41, 5.74) is 1.68. The number of carbonyl (C=O) groups is 1. The molecule has 0 saturated carbocycles. The molecule has 172 valence electrons. The highest BCUT2D eigenvalue weighted by Crippen LogP contribution is 2.12. The Morgan fingerprint density at radius 3 is 2.53 bits per heavy atom. The van der Waals surface area contributed by atoms with Crippen LogP contribution < -0.4 is 16.2 Å². The van der Waals surface area contributed by atoms with E-state index in [2.05, 4.69) is 32.7 Å². The quantitative estimate of drug-likeness (QED) is 0.552.